The first-order valence-electron chi connectivity index (χ1n) is 8.47. The van der Waals surface area contributed by atoms with E-state index in [1.807, 2.05) is 48.5 Å². The summed E-state index contributed by atoms with van der Waals surface area (Å²) in [5, 5.41) is 12.5. The van der Waals surface area contributed by atoms with Gasteiger partial charge in [-0.2, -0.15) is 4.68 Å². The Morgan fingerprint density at radius 2 is 1.86 bits per heavy atom. The van der Waals surface area contributed by atoms with Crippen molar-refractivity contribution in [3.63, 3.8) is 0 Å². The Bertz CT molecular complexity index is 1120. The van der Waals surface area contributed by atoms with Crippen LogP contribution in [0.1, 0.15) is 5.56 Å². The second-order valence-electron chi connectivity index (χ2n) is 5.84. The molecule has 0 aliphatic heterocycles. The fraction of sp³-hybridized carbons (Fsp3) is 0.105. The molecule has 7 nitrogen and oxygen atoms in total. The molecule has 4 aromatic rings. The van der Waals surface area contributed by atoms with Crippen LogP contribution in [0.2, 0.25) is 5.02 Å². The van der Waals surface area contributed by atoms with E-state index in [-0.39, 0.29) is 11.7 Å². The van der Waals surface area contributed by atoms with Gasteiger partial charge in [-0.15, -0.1) is 5.10 Å². The van der Waals surface area contributed by atoms with Crippen molar-refractivity contribution in [3.8, 4) is 5.69 Å². The van der Waals surface area contributed by atoms with Gasteiger partial charge in [0.05, 0.1) is 11.4 Å². The van der Waals surface area contributed by atoms with Gasteiger partial charge in [-0.3, -0.25) is 4.79 Å². The molecular formula is C19H15ClN6OS. The Morgan fingerprint density at radius 1 is 1.07 bits per heavy atom. The zero-order chi connectivity index (χ0) is 19.3. The zero-order valence-corrected chi connectivity index (χ0v) is 16.2. The van der Waals surface area contributed by atoms with Crippen LogP contribution < -0.4 is 5.32 Å². The smallest absolute Gasteiger partial charge is 0.230 e. The molecule has 0 bridgehead atoms. The maximum Gasteiger partial charge on any atom is 0.230 e. The molecule has 0 atom stereocenters. The number of para-hydroxylation sites is 1. The number of halogens is 1. The van der Waals surface area contributed by atoms with Crippen LogP contribution >= 0.6 is 23.4 Å². The molecule has 4 rings (SSSR count). The fourth-order valence-corrected chi connectivity index (χ4v) is 3.56. The van der Waals surface area contributed by atoms with Crippen molar-refractivity contribution in [2.24, 2.45) is 0 Å². The van der Waals surface area contributed by atoms with Crippen molar-refractivity contribution in [1.82, 2.24) is 30.3 Å². The highest BCUT2D eigenvalue weighted by atomic mass is 35.5. The molecule has 2 aromatic heterocycles. The number of aromatic nitrogens is 5. The van der Waals surface area contributed by atoms with Crippen LogP contribution in [-0.4, -0.2) is 36.6 Å². The minimum absolute atomic E-state index is 0.118. The summed E-state index contributed by atoms with van der Waals surface area (Å²) in [6.45, 7) is 0.377. The lowest BCUT2D eigenvalue weighted by atomic mass is 10.2. The lowest BCUT2D eigenvalue weighted by Crippen LogP contribution is -2.24. The third kappa shape index (κ3) is 3.97. The maximum atomic E-state index is 12.2. The quantitative estimate of drug-likeness (QED) is 0.388. The van der Waals surface area contributed by atoms with E-state index in [1.165, 1.54) is 18.1 Å². The van der Waals surface area contributed by atoms with E-state index in [0.29, 0.717) is 27.8 Å². The van der Waals surface area contributed by atoms with Crippen molar-refractivity contribution < 1.29 is 4.79 Å². The van der Waals surface area contributed by atoms with Crippen LogP contribution in [0.4, 0.5) is 0 Å². The van der Waals surface area contributed by atoms with Crippen molar-refractivity contribution in [3.05, 3.63) is 71.5 Å². The predicted octanol–water partition coefficient (Wildman–Crippen LogP) is 3.27. The van der Waals surface area contributed by atoms with Gasteiger partial charge in [0, 0.05) is 11.6 Å². The average molecular weight is 411 g/mol. The van der Waals surface area contributed by atoms with E-state index in [2.05, 4.69) is 25.6 Å². The minimum atomic E-state index is -0.118. The molecular weight excluding hydrogens is 396 g/mol. The van der Waals surface area contributed by atoms with Crippen molar-refractivity contribution in [2.45, 2.75) is 11.6 Å². The second-order valence-corrected chi connectivity index (χ2v) is 7.22. The first-order chi connectivity index (χ1) is 13.7. The molecule has 0 unspecified atom stereocenters. The standard InChI is InChI=1S/C19H15ClN6OS/c20-15-9-5-4-6-13(15)10-21-16(27)11-28-19-17-18(22-12-23-19)26(25-24-17)14-7-2-1-3-8-14/h1-9,12H,10-11H2,(H,21,27). The Hall–Kier alpha value is -2.97. The first kappa shape index (κ1) is 18.4. The molecule has 2 aromatic carbocycles. The average Bonchev–Trinajstić information content (AvgIpc) is 3.17. The van der Waals surface area contributed by atoms with Gasteiger partial charge in [-0.1, -0.05) is 65.0 Å². The molecule has 1 amide bonds. The highest BCUT2D eigenvalue weighted by Crippen LogP contribution is 2.23. The van der Waals surface area contributed by atoms with Gasteiger partial charge in [-0.05, 0) is 23.8 Å². The normalized spacial score (nSPS) is 10.9. The van der Waals surface area contributed by atoms with E-state index in [4.69, 9.17) is 11.6 Å². The summed E-state index contributed by atoms with van der Waals surface area (Å²) in [7, 11) is 0. The van der Waals surface area contributed by atoms with E-state index < -0.39 is 0 Å². The van der Waals surface area contributed by atoms with Crippen LogP contribution in [0.25, 0.3) is 16.9 Å². The van der Waals surface area contributed by atoms with Crippen molar-refractivity contribution in [1.29, 1.82) is 0 Å². The Labute approximate surface area is 170 Å². The lowest BCUT2D eigenvalue weighted by molar-refractivity contribution is -0.118. The largest absolute Gasteiger partial charge is 0.351 e. The van der Waals surface area contributed by atoms with Crippen molar-refractivity contribution in [2.75, 3.05) is 5.75 Å². The van der Waals surface area contributed by atoms with Gasteiger partial charge < -0.3 is 5.32 Å². The highest BCUT2D eigenvalue weighted by molar-refractivity contribution is 8.00. The van der Waals surface area contributed by atoms with Crippen LogP contribution in [0, 0.1) is 0 Å². The Morgan fingerprint density at radius 3 is 2.68 bits per heavy atom. The predicted molar refractivity (Wildman–Crippen MR) is 108 cm³/mol. The van der Waals surface area contributed by atoms with Gasteiger partial charge in [0.15, 0.2) is 11.2 Å². The molecule has 9 heteroatoms. The molecule has 28 heavy (non-hydrogen) atoms. The summed E-state index contributed by atoms with van der Waals surface area (Å²) in [5.41, 5.74) is 2.89. The van der Waals surface area contributed by atoms with Crippen LogP contribution in [0.5, 0.6) is 0 Å². The summed E-state index contributed by atoms with van der Waals surface area (Å²) in [6.07, 6.45) is 1.45. The van der Waals surface area contributed by atoms with Gasteiger partial charge in [0.2, 0.25) is 5.91 Å². The molecule has 0 saturated heterocycles. The molecule has 2 heterocycles. The van der Waals surface area contributed by atoms with Crippen LogP contribution in [0.15, 0.2) is 66.0 Å². The molecule has 0 radical (unpaired) electrons. The van der Waals surface area contributed by atoms with Gasteiger partial charge in [-0.25, -0.2) is 9.97 Å². The van der Waals surface area contributed by atoms with E-state index in [9.17, 15) is 4.79 Å². The number of thioether (sulfide) groups is 1. The van der Waals surface area contributed by atoms with E-state index in [0.717, 1.165) is 11.3 Å². The fourth-order valence-electron chi connectivity index (χ4n) is 2.60. The number of hydrogen-bond donors (Lipinski definition) is 1. The topological polar surface area (TPSA) is 85.6 Å². The summed E-state index contributed by atoms with van der Waals surface area (Å²) in [5.74, 6) is 0.0847. The monoisotopic (exact) mass is 410 g/mol. The number of hydrogen-bond acceptors (Lipinski definition) is 6. The number of nitrogens with zero attached hydrogens (tertiary/aromatic N) is 5. The third-order valence-corrected chi connectivity index (χ3v) is 5.33. The summed E-state index contributed by atoms with van der Waals surface area (Å²) in [6, 6.07) is 17.0. The van der Waals surface area contributed by atoms with E-state index >= 15 is 0 Å². The number of benzene rings is 2. The lowest BCUT2D eigenvalue weighted by Gasteiger charge is -2.06. The molecule has 0 fully saturated rings. The van der Waals surface area contributed by atoms with Gasteiger partial charge >= 0.3 is 0 Å². The maximum absolute atomic E-state index is 12.2. The van der Waals surface area contributed by atoms with E-state index in [1.54, 1.807) is 10.7 Å². The number of carbonyl (C=O) groups excluding carboxylic acids is 1. The highest BCUT2D eigenvalue weighted by Gasteiger charge is 2.14. The summed E-state index contributed by atoms with van der Waals surface area (Å²) < 4.78 is 1.65. The second kappa shape index (κ2) is 8.37. The molecule has 0 saturated carbocycles. The van der Waals surface area contributed by atoms with Gasteiger partial charge in [0.1, 0.15) is 11.4 Å². The molecule has 0 aliphatic carbocycles. The number of amides is 1. The number of carbonyl (C=O) groups is 1. The third-order valence-electron chi connectivity index (χ3n) is 3.98. The Kier molecular flexibility index (Phi) is 5.50. The SMILES string of the molecule is O=C(CSc1ncnc2c1nnn2-c1ccccc1)NCc1ccccc1Cl. The van der Waals surface area contributed by atoms with Crippen LogP contribution in [-0.2, 0) is 11.3 Å². The molecule has 0 spiro atoms. The zero-order valence-electron chi connectivity index (χ0n) is 14.6. The molecule has 140 valence electrons. The minimum Gasteiger partial charge on any atom is -0.351 e. The molecule has 1 N–H and O–H groups in total. The van der Waals surface area contributed by atoms with Crippen molar-refractivity contribution >= 4 is 40.4 Å². The summed E-state index contributed by atoms with van der Waals surface area (Å²) >= 11 is 7.40. The number of fused-ring (bicyclic) bond motifs is 1. The molecule has 0 aliphatic rings. The van der Waals surface area contributed by atoms with Crippen LogP contribution in [0.3, 0.4) is 0 Å². The number of rotatable bonds is 6. The number of nitrogens with one attached hydrogen (secondary N) is 1. The van der Waals surface area contributed by atoms with Gasteiger partial charge in [0.25, 0.3) is 0 Å². The summed E-state index contributed by atoms with van der Waals surface area (Å²) in [4.78, 5) is 20.7. The first-order valence-corrected chi connectivity index (χ1v) is 9.83. The Balaban J connectivity index is 1.44.